The molecular formula is C22H30N4O. The van der Waals surface area contributed by atoms with Gasteiger partial charge in [0.25, 0.3) is 5.91 Å². The van der Waals surface area contributed by atoms with Crippen LogP contribution in [0.2, 0.25) is 0 Å². The van der Waals surface area contributed by atoms with Crippen molar-refractivity contribution in [2.75, 3.05) is 28.6 Å². The second-order valence-corrected chi connectivity index (χ2v) is 7.56. The van der Waals surface area contributed by atoms with E-state index in [4.69, 9.17) is 0 Å². The smallest absolute Gasteiger partial charge is 0.274 e. The average molecular weight is 367 g/mol. The largest absolute Gasteiger partial charge is 0.381 e. The molecule has 144 valence electrons. The van der Waals surface area contributed by atoms with Gasteiger partial charge in [-0.2, -0.15) is 0 Å². The van der Waals surface area contributed by atoms with Crippen molar-refractivity contribution in [2.24, 2.45) is 5.92 Å². The summed E-state index contributed by atoms with van der Waals surface area (Å²) in [5.41, 5.74) is 3.36. The zero-order valence-corrected chi connectivity index (χ0v) is 16.5. The van der Waals surface area contributed by atoms with E-state index in [1.807, 2.05) is 18.2 Å². The zero-order valence-electron chi connectivity index (χ0n) is 16.5. The number of carbonyl (C=O) groups excluding carboxylic acids is 1. The van der Waals surface area contributed by atoms with E-state index in [2.05, 4.69) is 53.4 Å². The van der Waals surface area contributed by atoms with Crippen LogP contribution in [0.15, 0.2) is 42.6 Å². The van der Waals surface area contributed by atoms with E-state index < -0.39 is 0 Å². The molecule has 1 aromatic heterocycles. The van der Waals surface area contributed by atoms with Gasteiger partial charge in [0.1, 0.15) is 5.69 Å². The molecule has 1 saturated heterocycles. The molecule has 1 aromatic carbocycles. The van der Waals surface area contributed by atoms with E-state index in [1.54, 1.807) is 12.3 Å². The lowest BCUT2D eigenvalue weighted by Gasteiger charge is -2.32. The third kappa shape index (κ3) is 5.22. The Labute approximate surface area is 162 Å². The molecule has 1 amide bonds. The Morgan fingerprint density at radius 2 is 1.81 bits per heavy atom. The van der Waals surface area contributed by atoms with Gasteiger partial charge in [0.15, 0.2) is 0 Å². The fourth-order valence-corrected chi connectivity index (χ4v) is 3.22. The molecule has 1 aliphatic rings. The van der Waals surface area contributed by atoms with Gasteiger partial charge < -0.3 is 15.5 Å². The fraction of sp³-hybridized carbons (Fsp3) is 0.455. The lowest BCUT2D eigenvalue weighted by Crippen LogP contribution is -2.32. The van der Waals surface area contributed by atoms with Gasteiger partial charge in [0, 0.05) is 30.5 Å². The minimum absolute atomic E-state index is 0.190. The number of aromatic nitrogens is 1. The van der Waals surface area contributed by atoms with Crippen LogP contribution in [-0.2, 0) is 0 Å². The van der Waals surface area contributed by atoms with Crippen LogP contribution in [0, 0.1) is 5.92 Å². The van der Waals surface area contributed by atoms with Crippen LogP contribution in [0.25, 0.3) is 0 Å². The van der Waals surface area contributed by atoms with Gasteiger partial charge in [-0.05, 0) is 68.5 Å². The summed E-state index contributed by atoms with van der Waals surface area (Å²) in [6.07, 6.45) is 5.23. The predicted molar refractivity (Wildman–Crippen MR) is 113 cm³/mol. The first-order chi connectivity index (χ1) is 13.0. The first kappa shape index (κ1) is 19.2. The molecule has 0 aliphatic carbocycles. The summed E-state index contributed by atoms with van der Waals surface area (Å²) < 4.78 is 0. The Kier molecular flexibility index (Phi) is 6.32. The highest BCUT2D eigenvalue weighted by Gasteiger charge is 2.16. The molecule has 1 atom stereocenters. The normalized spacial score (nSPS) is 16.0. The van der Waals surface area contributed by atoms with Gasteiger partial charge in [0.2, 0.25) is 0 Å². The standard InChI is InChI=1S/C22H30N4O/c1-4-17(3)24-19-7-10-21(23-15-19)22(27)25-18-5-8-20(9-6-18)26-13-11-16(2)12-14-26/h5-10,15-17,24H,4,11-14H2,1-3H3,(H,25,27). The van der Waals surface area contributed by atoms with E-state index in [0.717, 1.165) is 36.8 Å². The molecule has 0 spiro atoms. The topological polar surface area (TPSA) is 57.3 Å². The third-order valence-corrected chi connectivity index (χ3v) is 5.30. The van der Waals surface area contributed by atoms with Crippen molar-refractivity contribution in [1.82, 2.24) is 4.98 Å². The van der Waals surface area contributed by atoms with Crippen molar-refractivity contribution in [3.8, 4) is 0 Å². The van der Waals surface area contributed by atoms with Crippen LogP contribution in [0.5, 0.6) is 0 Å². The minimum Gasteiger partial charge on any atom is -0.381 e. The Hall–Kier alpha value is -2.56. The first-order valence-corrected chi connectivity index (χ1v) is 9.94. The number of hydrogen-bond donors (Lipinski definition) is 2. The molecule has 2 heterocycles. The number of pyridine rings is 1. The van der Waals surface area contributed by atoms with Crippen molar-refractivity contribution >= 4 is 23.0 Å². The van der Waals surface area contributed by atoms with Gasteiger partial charge in [-0.1, -0.05) is 13.8 Å². The number of hydrogen-bond acceptors (Lipinski definition) is 4. The Bertz CT molecular complexity index is 734. The number of rotatable bonds is 6. The SMILES string of the molecule is CCC(C)Nc1ccc(C(=O)Nc2ccc(N3CCC(C)CC3)cc2)nc1. The quantitative estimate of drug-likeness (QED) is 0.772. The van der Waals surface area contributed by atoms with Crippen molar-refractivity contribution in [2.45, 2.75) is 46.1 Å². The maximum atomic E-state index is 12.4. The van der Waals surface area contributed by atoms with Crippen LogP contribution < -0.4 is 15.5 Å². The molecule has 27 heavy (non-hydrogen) atoms. The van der Waals surface area contributed by atoms with E-state index in [-0.39, 0.29) is 5.91 Å². The van der Waals surface area contributed by atoms with Gasteiger partial charge in [-0.25, -0.2) is 4.98 Å². The van der Waals surface area contributed by atoms with Crippen molar-refractivity contribution in [1.29, 1.82) is 0 Å². The first-order valence-electron chi connectivity index (χ1n) is 9.94. The van der Waals surface area contributed by atoms with Gasteiger partial charge >= 0.3 is 0 Å². The molecule has 2 N–H and O–H groups in total. The summed E-state index contributed by atoms with van der Waals surface area (Å²) in [7, 11) is 0. The fourth-order valence-electron chi connectivity index (χ4n) is 3.22. The van der Waals surface area contributed by atoms with Crippen LogP contribution in [0.1, 0.15) is 50.5 Å². The Balaban J connectivity index is 1.57. The molecule has 0 bridgehead atoms. The lowest BCUT2D eigenvalue weighted by atomic mass is 9.99. The van der Waals surface area contributed by atoms with Crippen LogP contribution in [-0.4, -0.2) is 30.0 Å². The number of nitrogens with one attached hydrogen (secondary N) is 2. The average Bonchev–Trinajstić information content (AvgIpc) is 2.69. The third-order valence-electron chi connectivity index (χ3n) is 5.30. The summed E-state index contributed by atoms with van der Waals surface area (Å²) in [6, 6.07) is 12.1. The second-order valence-electron chi connectivity index (χ2n) is 7.56. The van der Waals surface area contributed by atoms with E-state index in [0.29, 0.717) is 11.7 Å². The van der Waals surface area contributed by atoms with Crippen LogP contribution in [0.3, 0.4) is 0 Å². The van der Waals surface area contributed by atoms with Crippen molar-refractivity contribution < 1.29 is 4.79 Å². The van der Waals surface area contributed by atoms with E-state index >= 15 is 0 Å². The molecule has 2 aromatic rings. The van der Waals surface area contributed by atoms with E-state index in [9.17, 15) is 4.79 Å². The molecule has 0 saturated carbocycles. The van der Waals surface area contributed by atoms with E-state index in [1.165, 1.54) is 18.5 Å². The van der Waals surface area contributed by atoms with Gasteiger partial charge in [-0.3, -0.25) is 4.79 Å². The zero-order chi connectivity index (χ0) is 19.2. The Morgan fingerprint density at radius 3 is 2.41 bits per heavy atom. The summed E-state index contributed by atoms with van der Waals surface area (Å²) in [4.78, 5) is 19.1. The Morgan fingerprint density at radius 1 is 1.15 bits per heavy atom. The molecule has 0 radical (unpaired) electrons. The highest BCUT2D eigenvalue weighted by Crippen LogP contribution is 2.24. The predicted octanol–water partition coefficient (Wildman–Crippen LogP) is 4.78. The van der Waals surface area contributed by atoms with Crippen molar-refractivity contribution in [3.05, 3.63) is 48.3 Å². The summed E-state index contributed by atoms with van der Waals surface area (Å²) in [5, 5.41) is 6.28. The molecule has 5 heteroatoms. The molecular weight excluding hydrogens is 336 g/mol. The molecule has 3 rings (SSSR count). The highest BCUT2D eigenvalue weighted by atomic mass is 16.1. The summed E-state index contributed by atoms with van der Waals surface area (Å²) >= 11 is 0. The number of benzene rings is 1. The van der Waals surface area contributed by atoms with Crippen LogP contribution >= 0.6 is 0 Å². The maximum Gasteiger partial charge on any atom is 0.274 e. The molecule has 1 aliphatic heterocycles. The number of anilines is 3. The van der Waals surface area contributed by atoms with Gasteiger partial charge in [0.05, 0.1) is 11.9 Å². The summed E-state index contributed by atoms with van der Waals surface area (Å²) in [6.45, 7) is 8.78. The monoisotopic (exact) mass is 366 g/mol. The number of amides is 1. The summed E-state index contributed by atoms with van der Waals surface area (Å²) in [5.74, 6) is 0.628. The number of carbonyl (C=O) groups is 1. The molecule has 1 unspecified atom stereocenters. The second kappa shape index (κ2) is 8.89. The van der Waals surface area contributed by atoms with Gasteiger partial charge in [-0.15, -0.1) is 0 Å². The molecule has 5 nitrogen and oxygen atoms in total. The lowest BCUT2D eigenvalue weighted by molar-refractivity contribution is 0.102. The number of nitrogens with zero attached hydrogens (tertiary/aromatic N) is 2. The van der Waals surface area contributed by atoms with Crippen molar-refractivity contribution in [3.63, 3.8) is 0 Å². The highest BCUT2D eigenvalue weighted by molar-refractivity contribution is 6.03. The maximum absolute atomic E-state index is 12.4. The van der Waals surface area contributed by atoms with Crippen LogP contribution in [0.4, 0.5) is 17.1 Å². The molecule has 1 fully saturated rings. The number of piperidine rings is 1. The minimum atomic E-state index is -0.190.